The van der Waals surface area contributed by atoms with E-state index in [0.29, 0.717) is 33.3 Å². The summed E-state index contributed by atoms with van der Waals surface area (Å²) < 4.78 is 1.93. The van der Waals surface area contributed by atoms with E-state index in [1.165, 1.54) is 11.8 Å². The molecule has 1 heterocycles. The first kappa shape index (κ1) is 22.2. The van der Waals surface area contributed by atoms with Crippen LogP contribution in [0.1, 0.15) is 5.82 Å². The lowest BCUT2D eigenvalue weighted by molar-refractivity contribution is -0.113. The highest BCUT2D eigenvalue weighted by atomic mass is 35.5. The molecule has 2 N–H and O–H groups in total. The molecule has 0 radical (unpaired) electrons. The van der Waals surface area contributed by atoms with Gasteiger partial charge in [-0.1, -0.05) is 65.3 Å². The van der Waals surface area contributed by atoms with Crippen LogP contribution >= 0.6 is 35.0 Å². The van der Waals surface area contributed by atoms with Gasteiger partial charge in [0.1, 0.15) is 0 Å². The topological polar surface area (TPSA) is 71.8 Å². The van der Waals surface area contributed by atoms with Crippen molar-refractivity contribution in [3.63, 3.8) is 0 Å². The summed E-state index contributed by atoms with van der Waals surface area (Å²) >= 11 is 13.5. The fourth-order valence-electron chi connectivity index (χ4n) is 2.98. The SMILES string of the molecule is O=C(CSc1nnc(CNc2ccccc2Cl)n1-c1ccccc1)Nc1ccc(Cl)cc1. The minimum Gasteiger partial charge on any atom is -0.377 e. The van der Waals surface area contributed by atoms with Gasteiger partial charge in [-0.2, -0.15) is 0 Å². The molecule has 0 unspecified atom stereocenters. The number of benzene rings is 3. The van der Waals surface area contributed by atoms with Gasteiger partial charge in [0.05, 0.1) is 23.0 Å². The molecule has 162 valence electrons. The van der Waals surface area contributed by atoms with Crippen LogP contribution in [0.2, 0.25) is 10.0 Å². The lowest BCUT2D eigenvalue weighted by Crippen LogP contribution is -2.14. The van der Waals surface area contributed by atoms with Gasteiger partial charge in [-0.05, 0) is 48.5 Å². The van der Waals surface area contributed by atoms with E-state index in [4.69, 9.17) is 23.2 Å². The van der Waals surface area contributed by atoms with E-state index in [-0.39, 0.29) is 11.7 Å². The molecule has 9 heteroatoms. The Morgan fingerprint density at radius 3 is 2.38 bits per heavy atom. The zero-order valence-corrected chi connectivity index (χ0v) is 19.2. The third kappa shape index (κ3) is 5.62. The number of nitrogens with one attached hydrogen (secondary N) is 2. The number of aromatic nitrogens is 3. The van der Waals surface area contributed by atoms with Crippen LogP contribution in [-0.4, -0.2) is 26.4 Å². The van der Waals surface area contributed by atoms with Crippen LogP contribution in [0.15, 0.2) is 84.0 Å². The van der Waals surface area contributed by atoms with E-state index in [1.54, 1.807) is 24.3 Å². The van der Waals surface area contributed by atoms with Crippen LogP contribution in [0.3, 0.4) is 0 Å². The van der Waals surface area contributed by atoms with Gasteiger partial charge < -0.3 is 10.6 Å². The number of anilines is 2. The molecule has 0 saturated carbocycles. The van der Waals surface area contributed by atoms with Crippen molar-refractivity contribution in [3.05, 3.63) is 94.7 Å². The monoisotopic (exact) mass is 483 g/mol. The molecule has 0 fully saturated rings. The Morgan fingerprint density at radius 1 is 0.906 bits per heavy atom. The van der Waals surface area contributed by atoms with Gasteiger partial charge in [0.25, 0.3) is 0 Å². The smallest absolute Gasteiger partial charge is 0.234 e. The molecular formula is C23H19Cl2N5OS. The molecule has 6 nitrogen and oxygen atoms in total. The number of rotatable bonds is 8. The molecule has 0 aliphatic heterocycles. The Kier molecular flexibility index (Phi) is 7.32. The summed E-state index contributed by atoms with van der Waals surface area (Å²) in [6.45, 7) is 0.420. The molecule has 32 heavy (non-hydrogen) atoms. The summed E-state index contributed by atoms with van der Waals surface area (Å²) in [6.07, 6.45) is 0. The normalized spacial score (nSPS) is 10.7. The van der Waals surface area contributed by atoms with Crippen LogP contribution in [0.25, 0.3) is 5.69 Å². The maximum atomic E-state index is 12.4. The average molecular weight is 484 g/mol. The largest absolute Gasteiger partial charge is 0.377 e. The van der Waals surface area contributed by atoms with Gasteiger partial charge in [0.15, 0.2) is 11.0 Å². The molecule has 0 aliphatic rings. The van der Waals surface area contributed by atoms with Crippen molar-refractivity contribution in [3.8, 4) is 5.69 Å². The molecule has 0 spiro atoms. The predicted molar refractivity (Wildman–Crippen MR) is 131 cm³/mol. The first-order valence-electron chi connectivity index (χ1n) is 9.76. The van der Waals surface area contributed by atoms with Gasteiger partial charge in [-0.15, -0.1) is 10.2 Å². The summed E-state index contributed by atoms with van der Waals surface area (Å²) in [4.78, 5) is 12.4. The van der Waals surface area contributed by atoms with E-state index in [0.717, 1.165) is 11.4 Å². The average Bonchev–Trinajstić information content (AvgIpc) is 3.22. The zero-order valence-electron chi connectivity index (χ0n) is 16.8. The van der Waals surface area contributed by atoms with E-state index >= 15 is 0 Å². The quantitative estimate of drug-likeness (QED) is 0.304. The number of halogens is 2. The summed E-state index contributed by atoms with van der Waals surface area (Å²) in [5.74, 6) is 0.748. The summed E-state index contributed by atoms with van der Waals surface area (Å²) in [5, 5.41) is 16.7. The standard InChI is InChI=1S/C23H19Cl2N5OS/c24-16-10-12-17(13-11-16)27-22(31)15-32-23-29-28-21(30(23)18-6-2-1-3-7-18)14-26-20-9-5-4-8-19(20)25/h1-13,26H,14-15H2,(H,27,31). The Morgan fingerprint density at radius 2 is 1.62 bits per heavy atom. The molecule has 1 aromatic heterocycles. The predicted octanol–water partition coefficient (Wildman–Crippen LogP) is 5.92. The number of carbonyl (C=O) groups is 1. The number of para-hydroxylation sites is 2. The van der Waals surface area contributed by atoms with Gasteiger partial charge in [-0.3, -0.25) is 9.36 Å². The molecule has 0 bridgehead atoms. The Bertz CT molecular complexity index is 1200. The number of hydrogen-bond acceptors (Lipinski definition) is 5. The summed E-state index contributed by atoms with van der Waals surface area (Å²) in [5.41, 5.74) is 2.41. The Balaban J connectivity index is 1.49. The second-order valence-corrected chi connectivity index (χ2v) is 8.53. The fourth-order valence-corrected chi connectivity index (χ4v) is 4.08. The number of carbonyl (C=O) groups excluding carboxylic acids is 1. The second-order valence-electron chi connectivity index (χ2n) is 6.75. The molecule has 3 aromatic carbocycles. The number of thioether (sulfide) groups is 1. The van der Waals surface area contributed by atoms with Crippen LogP contribution in [0, 0.1) is 0 Å². The lowest BCUT2D eigenvalue weighted by Gasteiger charge is -2.12. The van der Waals surface area contributed by atoms with Crippen molar-refractivity contribution in [2.24, 2.45) is 0 Å². The van der Waals surface area contributed by atoms with Crippen LogP contribution in [0.4, 0.5) is 11.4 Å². The highest BCUT2D eigenvalue weighted by molar-refractivity contribution is 7.99. The lowest BCUT2D eigenvalue weighted by atomic mass is 10.3. The highest BCUT2D eigenvalue weighted by Crippen LogP contribution is 2.25. The molecule has 1 amide bonds. The van der Waals surface area contributed by atoms with Crippen molar-refractivity contribution in [2.45, 2.75) is 11.7 Å². The third-order valence-electron chi connectivity index (χ3n) is 4.49. The van der Waals surface area contributed by atoms with E-state index in [2.05, 4.69) is 20.8 Å². The number of hydrogen-bond donors (Lipinski definition) is 2. The van der Waals surface area contributed by atoms with Crippen molar-refractivity contribution >= 4 is 52.2 Å². The van der Waals surface area contributed by atoms with E-state index < -0.39 is 0 Å². The summed E-state index contributed by atoms with van der Waals surface area (Å²) in [6, 6.07) is 24.3. The van der Waals surface area contributed by atoms with E-state index in [9.17, 15) is 4.79 Å². The maximum absolute atomic E-state index is 12.4. The third-order valence-corrected chi connectivity index (χ3v) is 6.00. The molecular weight excluding hydrogens is 465 g/mol. The fraction of sp³-hybridized carbons (Fsp3) is 0.0870. The molecule has 4 aromatic rings. The second kappa shape index (κ2) is 10.5. The Hall–Kier alpha value is -3.00. The summed E-state index contributed by atoms with van der Waals surface area (Å²) in [7, 11) is 0. The van der Waals surface area contributed by atoms with Crippen LogP contribution < -0.4 is 10.6 Å². The first-order valence-corrected chi connectivity index (χ1v) is 11.5. The zero-order chi connectivity index (χ0) is 22.3. The van der Waals surface area contributed by atoms with Crippen LogP contribution in [-0.2, 0) is 11.3 Å². The molecule has 0 saturated heterocycles. The highest BCUT2D eigenvalue weighted by Gasteiger charge is 2.16. The van der Waals surface area contributed by atoms with Crippen molar-refractivity contribution in [1.82, 2.24) is 14.8 Å². The Labute approximate surface area is 200 Å². The minimum absolute atomic E-state index is 0.143. The van der Waals surface area contributed by atoms with E-state index in [1.807, 2.05) is 59.2 Å². The minimum atomic E-state index is -0.143. The van der Waals surface area contributed by atoms with Crippen molar-refractivity contribution in [1.29, 1.82) is 0 Å². The first-order chi connectivity index (χ1) is 15.6. The van der Waals surface area contributed by atoms with Gasteiger partial charge in [0.2, 0.25) is 5.91 Å². The number of amides is 1. The van der Waals surface area contributed by atoms with Crippen molar-refractivity contribution in [2.75, 3.05) is 16.4 Å². The van der Waals surface area contributed by atoms with Gasteiger partial charge >= 0.3 is 0 Å². The molecule has 4 rings (SSSR count). The van der Waals surface area contributed by atoms with Gasteiger partial charge in [-0.25, -0.2) is 0 Å². The van der Waals surface area contributed by atoms with Gasteiger partial charge in [0, 0.05) is 16.4 Å². The van der Waals surface area contributed by atoms with Crippen molar-refractivity contribution < 1.29 is 4.79 Å². The molecule has 0 atom stereocenters. The van der Waals surface area contributed by atoms with Crippen LogP contribution in [0.5, 0.6) is 0 Å². The molecule has 0 aliphatic carbocycles. The maximum Gasteiger partial charge on any atom is 0.234 e. The number of nitrogens with zero attached hydrogens (tertiary/aromatic N) is 3.